The summed E-state index contributed by atoms with van der Waals surface area (Å²) >= 11 is 0. The lowest BCUT2D eigenvalue weighted by Crippen LogP contribution is -2.02. The number of ether oxygens (including phenoxy) is 2. The van der Waals surface area contributed by atoms with E-state index >= 15 is 0 Å². The summed E-state index contributed by atoms with van der Waals surface area (Å²) in [6.45, 7) is 5.10. The van der Waals surface area contributed by atoms with Crippen LogP contribution in [0.15, 0.2) is 42.5 Å². The van der Waals surface area contributed by atoms with Gasteiger partial charge in [-0.2, -0.15) is 0 Å². The highest BCUT2D eigenvalue weighted by Gasteiger charge is 2.08. The molecule has 0 heterocycles. The second kappa shape index (κ2) is 6.70. The molecule has 0 unspecified atom stereocenters. The van der Waals surface area contributed by atoms with E-state index in [0.29, 0.717) is 24.7 Å². The van der Waals surface area contributed by atoms with Crippen molar-refractivity contribution in [3.63, 3.8) is 0 Å². The van der Waals surface area contributed by atoms with Gasteiger partial charge >= 0.3 is 0 Å². The van der Waals surface area contributed by atoms with Gasteiger partial charge in [-0.05, 0) is 38.1 Å². The molecule has 0 amide bonds. The van der Waals surface area contributed by atoms with E-state index in [-0.39, 0.29) is 0 Å². The quantitative estimate of drug-likeness (QED) is 0.785. The van der Waals surface area contributed by atoms with Crippen molar-refractivity contribution < 1.29 is 9.47 Å². The summed E-state index contributed by atoms with van der Waals surface area (Å²) < 4.78 is 11.1. The van der Waals surface area contributed by atoms with Gasteiger partial charge in [0.05, 0.1) is 30.3 Å². The number of anilines is 3. The summed E-state index contributed by atoms with van der Waals surface area (Å²) in [7, 11) is 0. The average molecular weight is 272 g/mol. The molecule has 0 saturated heterocycles. The van der Waals surface area contributed by atoms with E-state index in [1.807, 2.05) is 56.3 Å². The monoisotopic (exact) mass is 272 g/mol. The summed E-state index contributed by atoms with van der Waals surface area (Å²) in [5.41, 5.74) is 8.40. The van der Waals surface area contributed by atoms with Crippen LogP contribution >= 0.6 is 0 Å². The fraction of sp³-hybridized carbons (Fsp3) is 0.250. The predicted molar refractivity (Wildman–Crippen MR) is 82.9 cm³/mol. The summed E-state index contributed by atoms with van der Waals surface area (Å²) in [5.74, 6) is 1.49. The Bertz CT molecular complexity index is 570. The third-order valence-electron chi connectivity index (χ3n) is 2.82. The number of nitrogens with one attached hydrogen (secondary N) is 1. The van der Waals surface area contributed by atoms with E-state index in [2.05, 4.69) is 5.32 Å². The van der Waals surface area contributed by atoms with Gasteiger partial charge in [-0.1, -0.05) is 18.2 Å². The molecule has 3 N–H and O–H groups in total. The van der Waals surface area contributed by atoms with Crippen molar-refractivity contribution in [3.8, 4) is 11.5 Å². The van der Waals surface area contributed by atoms with Gasteiger partial charge < -0.3 is 20.5 Å². The van der Waals surface area contributed by atoms with Crippen LogP contribution in [0.3, 0.4) is 0 Å². The molecule has 0 atom stereocenters. The van der Waals surface area contributed by atoms with Gasteiger partial charge in [0.15, 0.2) is 0 Å². The standard InChI is InChI=1S/C16H20N2O2/c1-3-19-14-10-6-5-8-12(14)18-13-9-7-11-15(16(13)17)20-4-2/h5-11,18H,3-4,17H2,1-2H3. The van der Waals surface area contributed by atoms with E-state index in [0.717, 1.165) is 17.1 Å². The fourth-order valence-electron chi connectivity index (χ4n) is 1.93. The maximum Gasteiger partial charge on any atom is 0.144 e. The van der Waals surface area contributed by atoms with Gasteiger partial charge in [-0.15, -0.1) is 0 Å². The van der Waals surface area contributed by atoms with Crippen LogP contribution in [0.5, 0.6) is 11.5 Å². The van der Waals surface area contributed by atoms with Crippen molar-refractivity contribution in [1.82, 2.24) is 0 Å². The van der Waals surface area contributed by atoms with Crippen LogP contribution in [0.25, 0.3) is 0 Å². The lowest BCUT2D eigenvalue weighted by Gasteiger charge is -2.15. The van der Waals surface area contributed by atoms with Crippen molar-refractivity contribution in [1.29, 1.82) is 0 Å². The van der Waals surface area contributed by atoms with Crippen molar-refractivity contribution >= 4 is 17.1 Å². The van der Waals surface area contributed by atoms with Gasteiger partial charge in [0.25, 0.3) is 0 Å². The summed E-state index contributed by atoms with van der Waals surface area (Å²) in [5, 5.41) is 3.29. The first-order valence-corrected chi connectivity index (χ1v) is 6.76. The Kier molecular flexibility index (Phi) is 4.71. The number of para-hydroxylation sites is 3. The van der Waals surface area contributed by atoms with Gasteiger partial charge in [0.2, 0.25) is 0 Å². The summed E-state index contributed by atoms with van der Waals surface area (Å²) in [4.78, 5) is 0. The molecule has 0 fully saturated rings. The molecule has 0 saturated carbocycles. The Morgan fingerprint density at radius 3 is 2.20 bits per heavy atom. The Morgan fingerprint density at radius 2 is 1.45 bits per heavy atom. The topological polar surface area (TPSA) is 56.5 Å². The van der Waals surface area contributed by atoms with Crippen LogP contribution < -0.4 is 20.5 Å². The zero-order valence-corrected chi connectivity index (χ0v) is 11.8. The molecule has 0 aromatic heterocycles. The number of hydrogen-bond donors (Lipinski definition) is 2. The van der Waals surface area contributed by atoms with Crippen LogP contribution in [0.2, 0.25) is 0 Å². The van der Waals surface area contributed by atoms with E-state index in [9.17, 15) is 0 Å². The lowest BCUT2D eigenvalue weighted by molar-refractivity contribution is 0.341. The maximum absolute atomic E-state index is 6.11. The minimum atomic E-state index is 0.586. The number of hydrogen-bond acceptors (Lipinski definition) is 4. The van der Waals surface area contributed by atoms with E-state index in [1.165, 1.54) is 0 Å². The van der Waals surface area contributed by atoms with Crippen molar-refractivity contribution in [2.24, 2.45) is 0 Å². The van der Waals surface area contributed by atoms with Crippen LogP contribution in [-0.2, 0) is 0 Å². The molecule has 2 rings (SSSR count). The molecule has 2 aromatic carbocycles. The highest BCUT2D eigenvalue weighted by molar-refractivity contribution is 5.79. The van der Waals surface area contributed by atoms with Gasteiger partial charge in [-0.25, -0.2) is 0 Å². The van der Waals surface area contributed by atoms with E-state index in [4.69, 9.17) is 15.2 Å². The number of benzene rings is 2. The second-order valence-corrected chi connectivity index (χ2v) is 4.20. The Labute approximate surface area is 119 Å². The summed E-state index contributed by atoms with van der Waals surface area (Å²) in [6, 6.07) is 13.5. The Balaban J connectivity index is 2.28. The number of rotatable bonds is 6. The van der Waals surface area contributed by atoms with Crippen LogP contribution in [0, 0.1) is 0 Å². The van der Waals surface area contributed by atoms with Crippen molar-refractivity contribution in [2.75, 3.05) is 24.3 Å². The smallest absolute Gasteiger partial charge is 0.144 e. The SMILES string of the molecule is CCOc1ccccc1Nc1cccc(OCC)c1N. The average Bonchev–Trinajstić information content (AvgIpc) is 2.46. The molecule has 0 aliphatic carbocycles. The maximum atomic E-state index is 6.11. The van der Waals surface area contributed by atoms with Crippen LogP contribution in [0.1, 0.15) is 13.8 Å². The highest BCUT2D eigenvalue weighted by atomic mass is 16.5. The minimum Gasteiger partial charge on any atom is -0.492 e. The molecule has 0 aliphatic heterocycles. The largest absolute Gasteiger partial charge is 0.492 e. The molecule has 0 radical (unpaired) electrons. The lowest BCUT2D eigenvalue weighted by atomic mass is 10.2. The molecule has 106 valence electrons. The molecule has 20 heavy (non-hydrogen) atoms. The predicted octanol–water partition coefficient (Wildman–Crippen LogP) is 3.81. The third kappa shape index (κ3) is 3.15. The minimum absolute atomic E-state index is 0.586. The van der Waals surface area contributed by atoms with Gasteiger partial charge in [0, 0.05) is 0 Å². The third-order valence-corrected chi connectivity index (χ3v) is 2.82. The molecule has 4 heteroatoms. The normalized spacial score (nSPS) is 10.1. The fourth-order valence-corrected chi connectivity index (χ4v) is 1.93. The highest BCUT2D eigenvalue weighted by Crippen LogP contribution is 2.34. The molecule has 0 spiro atoms. The molecular weight excluding hydrogens is 252 g/mol. The van der Waals surface area contributed by atoms with Gasteiger partial charge in [-0.3, -0.25) is 0 Å². The molecule has 0 aliphatic rings. The van der Waals surface area contributed by atoms with Crippen molar-refractivity contribution in [2.45, 2.75) is 13.8 Å². The zero-order chi connectivity index (χ0) is 14.4. The number of nitrogen functional groups attached to an aromatic ring is 1. The first-order valence-electron chi connectivity index (χ1n) is 6.76. The molecular formula is C16H20N2O2. The van der Waals surface area contributed by atoms with E-state index in [1.54, 1.807) is 0 Å². The first kappa shape index (κ1) is 14.1. The van der Waals surface area contributed by atoms with Crippen LogP contribution in [-0.4, -0.2) is 13.2 Å². The molecule has 0 bridgehead atoms. The molecule has 4 nitrogen and oxygen atoms in total. The summed E-state index contributed by atoms with van der Waals surface area (Å²) in [6.07, 6.45) is 0. The number of nitrogens with two attached hydrogens (primary N) is 1. The second-order valence-electron chi connectivity index (χ2n) is 4.20. The Morgan fingerprint density at radius 1 is 0.850 bits per heavy atom. The Hall–Kier alpha value is -2.36. The van der Waals surface area contributed by atoms with Crippen LogP contribution in [0.4, 0.5) is 17.1 Å². The molecule has 2 aromatic rings. The van der Waals surface area contributed by atoms with Crippen molar-refractivity contribution in [3.05, 3.63) is 42.5 Å². The van der Waals surface area contributed by atoms with E-state index < -0.39 is 0 Å². The van der Waals surface area contributed by atoms with Gasteiger partial charge in [0.1, 0.15) is 11.5 Å². The first-order chi connectivity index (χ1) is 9.76. The zero-order valence-electron chi connectivity index (χ0n) is 11.8.